The summed E-state index contributed by atoms with van der Waals surface area (Å²) < 4.78 is 11.2. The Hall–Kier alpha value is -2.04. The molecule has 0 atom stereocenters. The van der Waals surface area contributed by atoms with Gasteiger partial charge < -0.3 is 19.7 Å². The number of unbranched alkanes of at least 4 members (excludes halogenated alkanes) is 3. The van der Waals surface area contributed by atoms with Crippen molar-refractivity contribution in [3.05, 3.63) is 48.0 Å². The Balaban J connectivity index is 1.61. The maximum atomic E-state index is 9.07. The summed E-state index contributed by atoms with van der Waals surface area (Å²) in [7, 11) is 0. The molecule has 0 radical (unpaired) electrons. The summed E-state index contributed by atoms with van der Waals surface area (Å²) in [4.78, 5) is 0. The standard InChI is InChI=1S/C28H40O4/c1-2-3-4-5-6-22-7-9-23(10-8-22)24-11-13-25(14-12-24)26-19-27(31-17-15-29)21-28(20-26)32-18-16-30/h11-14,19-23,29-30H,2-10,15-18H2,1H3. The summed E-state index contributed by atoms with van der Waals surface area (Å²) in [5, 5.41) is 18.1. The van der Waals surface area contributed by atoms with E-state index in [0.29, 0.717) is 17.4 Å². The summed E-state index contributed by atoms with van der Waals surface area (Å²) in [6.07, 6.45) is 12.3. The fourth-order valence-corrected chi connectivity index (χ4v) is 4.82. The Kier molecular flexibility index (Phi) is 10.4. The zero-order valence-electron chi connectivity index (χ0n) is 19.6. The fourth-order valence-electron chi connectivity index (χ4n) is 4.82. The van der Waals surface area contributed by atoms with Crippen LogP contribution in [0.25, 0.3) is 11.1 Å². The predicted octanol–water partition coefficient (Wildman–Crippen LogP) is 6.34. The van der Waals surface area contributed by atoms with Gasteiger partial charge in [-0.05, 0) is 66.3 Å². The number of aliphatic hydroxyl groups excluding tert-OH is 2. The minimum atomic E-state index is -0.0350. The maximum absolute atomic E-state index is 9.07. The molecule has 32 heavy (non-hydrogen) atoms. The van der Waals surface area contributed by atoms with Crippen molar-refractivity contribution in [1.82, 2.24) is 0 Å². The molecule has 176 valence electrons. The summed E-state index contributed by atoms with van der Waals surface area (Å²) >= 11 is 0. The molecule has 3 rings (SSSR count). The van der Waals surface area contributed by atoms with Crippen LogP contribution >= 0.6 is 0 Å². The molecule has 4 nitrogen and oxygen atoms in total. The van der Waals surface area contributed by atoms with Crippen LogP contribution in [0.5, 0.6) is 11.5 Å². The van der Waals surface area contributed by atoms with Crippen molar-refractivity contribution in [2.45, 2.75) is 70.6 Å². The van der Waals surface area contributed by atoms with E-state index in [9.17, 15) is 0 Å². The van der Waals surface area contributed by atoms with Crippen LogP contribution in [0.2, 0.25) is 0 Å². The van der Waals surface area contributed by atoms with Crippen LogP contribution in [-0.2, 0) is 0 Å². The minimum absolute atomic E-state index is 0.0350. The molecular formula is C28H40O4. The van der Waals surface area contributed by atoms with E-state index in [1.807, 2.05) is 12.1 Å². The Morgan fingerprint density at radius 2 is 1.38 bits per heavy atom. The lowest BCUT2D eigenvalue weighted by atomic mass is 9.77. The average molecular weight is 441 g/mol. The topological polar surface area (TPSA) is 58.9 Å². The van der Waals surface area contributed by atoms with Gasteiger partial charge in [0.15, 0.2) is 0 Å². The lowest BCUT2D eigenvalue weighted by Gasteiger charge is -2.29. The van der Waals surface area contributed by atoms with E-state index < -0.39 is 0 Å². The molecular weight excluding hydrogens is 400 g/mol. The molecule has 0 unspecified atom stereocenters. The van der Waals surface area contributed by atoms with Crippen molar-refractivity contribution in [2.75, 3.05) is 26.4 Å². The molecule has 0 heterocycles. The molecule has 1 saturated carbocycles. The van der Waals surface area contributed by atoms with Crippen LogP contribution in [0.15, 0.2) is 42.5 Å². The SMILES string of the molecule is CCCCCCC1CCC(c2ccc(-c3cc(OCCO)cc(OCCO)c3)cc2)CC1. The van der Waals surface area contributed by atoms with Gasteiger partial charge in [-0.25, -0.2) is 0 Å². The summed E-state index contributed by atoms with van der Waals surface area (Å²) in [6, 6.07) is 14.7. The highest BCUT2D eigenvalue weighted by molar-refractivity contribution is 5.67. The Morgan fingerprint density at radius 1 is 0.750 bits per heavy atom. The number of benzene rings is 2. The number of hydrogen-bond acceptors (Lipinski definition) is 4. The smallest absolute Gasteiger partial charge is 0.123 e. The van der Waals surface area contributed by atoms with Gasteiger partial charge in [0.1, 0.15) is 24.7 Å². The summed E-state index contributed by atoms with van der Waals surface area (Å²) in [6.45, 7) is 2.69. The van der Waals surface area contributed by atoms with Crippen LogP contribution < -0.4 is 9.47 Å². The van der Waals surface area contributed by atoms with Gasteiger partial charge in [0.2, 0.25) is 0 Å². The van der Waals surface area contributed by atoms with E-state index in [1.165, 1.54) is 63.4 Å². The third kappa shape index (κ3) is 7.53. The zero-order valence-corrected chi connectivity index (χ0v) is 19.6. The second kappa shape index (κ2) is 13.5. The van der Waals surface area contributed by atoms with Crippen molar-refractivity contribution in [1.29, 1.82) is 0 Å². The second-order valence-electron chi connectivity index (χ2n) is 9.03. The third-order valence-corrected chi connectivity index (χ3v) is 6.63. The number of hydrogen-bond donors (Lipinski definition) is 2. The summed E-state index contributed by atoms with van der Waals surface area (Å²) in [5.41, 5.74) is 3.57. The van der Waals surface area contributed by atoms with Crippen LogP contribution in [-0.4, -0.2) is 36.6 Å². The number of ether oxygens (including phenoxy) is 2. The monoisotopic (exact) mass is 440 g/mol. The Labute approximate surface area is 193 Å². The molecule has 0 aliphatic heterocycles. The highest BCUT2D eigenvalue weighted by Crippen LogP contribution is 2.38. The van der Waals surface area contributed by atoms with Crippen LogP contribution in [0.4, 0.5) is 0 Å². The molecule has 0 saturated heterocycles. The van der Waals surface area contributed by atoms with Gasteiger partial charge in [-0.2, -0.15) is 0 Å². The van der Waals surface area contributed by atoms with Crippen LogP contribution in [0.1, 0.15) is 76.2 Å². The van der Waals surface area contributed by atoms with Crippen molar-refractivity contribution in [2.24, 2.45) is 5.92 Å². The van der Waals surface area contributed by atoms with Gasteiger partial charge in [-0.3, -0.25) is 0 Å². The van der Waals surface area contributed by atoms with E-state index in [2.05, 4.69) is 31.2 Å². The molecule has 0 spiro atoms. The van der Waals surface area contributed by atoms with Crippen molar-refractivity contribution >= 4 is 0 Å². The summed E-state index contributed by atoms with van der Waals surface area (Å²) in [5.74, 6) is 2.93. The van der Waals surface area contributed by atoms with Gasteiger partial charge in [0, 0.05) is 6.07 Å². The van der Waals surface area contributed by atoms with Crippen LogP contribution in [0.3, 0.4) is 0 Å². The number of aliphatic hydroxyl groups is 2. The molecule has 1 aliphatic carbocycles. The van der Waals surface area contributed by atoms with E-state index in [-0.39, 0.29) is 26.4 Å². The Morgan fingerprint density at radius 3 is 1.94 bits per heavy atom. The largest absolute Gasteiger partial charge is 0.491 e. The van der Waals surface area contributed by atoms with Crippen molar-refractivity contribution in [3.8, 4) is 22.6 Å². The first-order chi connectivity index (χ1) is 15.7. The minimum Gasteiger partial charge on any atom is -0.491 e. The molecule has 4 heteroatoms. The predicted molar refractivity (Wildman–Crippen MR) is 130 cm³/mol. The Bertz CT molecular complexity index is 752. The highest BCUT2D eigenvalue weighted by Gasteiger charge is 2.22. The van der Waals surface area contributed by atoms with Gasteiger partial charge in [0.25, 0.3) is 0 Å². The third-order valence-electron chi connectivity index (χ3n) is 6.63. The fraction of sp³-hybridized carbons (Fsp3) is 0.571. The van der Waals surface area contributed by atoms with E-state index in [4.69, 9.17) is 19.7 Å². The molecule has 2 aromatic carbocycles. The first-order valence-corrected chi connectivity index (χ1v) is 12.5. The highest BCUT2D eigenvalue weighted by atomic mass is 16.5. The quantitative estimate of drug-likeness (QED) is 0.357. The van der Waals surface area contributed by atoms with Gasteiger partial charge in [-0.1, -0.05) is 63.3 Å². The van der Waals surface area contributed by atoms with E-state index >= 15 is 0 Å². The number of rotatable bonds is 13. The molecule has 0 bridgehead atoms. The average Bonchev–Trinajstić information content (AvgIpc) is 2.84. The zero-order chi connectivity index (χ0) is 22.6. The normalized spacial score (nSPS) is 18.5. The molecule has 1 aliphatic rings. The van der Waals surface area contributed by atoms with Gasteiger partial charge >= 0.3 is 0 Å². The lowest BCUT2D eigenvalue weighted by molar-refractivity contribution is 0.195. The molecule has 0 aromatic heterocycles. The van der Waals surface area contributed by atoms with Crippen molar-refractivity contribution in [3.63, 3.8) is 0 Å². The van der Waals surface area contributed by atoms with Crippen molar-refractivity contribution < 1.29 is 19.7 Å². The van der Waals surface area contributed by atoms with Gasteiger partial charge in [0.05, 0.1) is 13.2 Å². The van der Waals surface area contributed by atoms with E-state index in [0.717, 1.165) is 17.0 Å². The first kappa shape index (κ1) is 24.6. The van der Waals surface area contributed by atoms with Gasteiger partial charge in [-0.15, -0.1) is 0 Å². The van der Waals surface area contributed by atoms with Crippen LogP contribution in [0, 0.1) is 5.92 Å². The second-order valence-corrected chi connectivity index (χ2v) is 9.03. The maximum Gasteiger partial charge on any atom is 0.123 e. The molecule has 0 amide bonds. The molecule has 1 fully saturated rings. The van der Waals surface area contributed by atoms with E-state index in [1.54, 1.807) is 6.07 Å². The lowest BCUT2D eigenvalue weighted by Crippen LogP contribution is -2.13. The molecule has 2 aromatic rings. The molecule has 2 N–H and O–H groups in total. The first-order valence-electron chi connectivity index (χ1n) is 12.5.